The Morgan fingerprint density at radius 1 is 1.06 bits per heavy atom. The second kappa shape index (κ2) is 6.39. The van der Waals surface area contributed by atoms with Crippen LogP contribution in [0, 0.1) is 5.92 Å². The molecule has 3 heteroatoms. The molecular weight excluding hydrogens is 212 g/mol. The molecule has 2 fully saturated rings. The molecule has 2 rings (SSSR count). The Labute approximate surface area is 105 Å². The number of carbonyl (C=O) groups is 1. The third-order valence-corrected chi connectivity index (χ3v) is 4.32. The Kier molecular flexibility index (Phi) is 4.84. The van der Waals surface area contributed by atoms with Crippen LogP contribution in [0.3, 0.4) is 0 Å². The summed E-state index contributed by atoms with van der Waals surface area (Å²) in [6, 6.07) is 0.480. The molecule has 2 aliphatic rings. The second-order valence-electron chi connectivity index (χ2n) is 5.73. The molecular formula is C14H26N2O. The SMILES string of the molecule is CC1CCCCC1NC(=O)C1CCCCCN1. The lowest BCUT2D eigenvalue weighted by Crippen LogP contribution is -2.49. The maximum Gasteiger partial charge on any atom is 0.237 e. The molecule has 3 unspecified atom stereocenters. The van der Waals surface area contributed by atoms with Crippen LogP contribution in [0.25, 0.3) is 0 Å². The van der Waals surface area contributed by atoms with Crippen molar-refractivity contribution < 1.29 is 4.79 Å². The minimum Gasteiger partial charge on any atom is -0.352 e. The smallest absolute Gasteiger partial charge is 0.237 e. The number of rotatable bonds is 2. The van der Waals surface area contributed by atoms with Gasteiger partial charge in [0.2, 0.25) is 5.91 Å². The first-order valence-corrected chi connectivity index (χ1v) is 7.31. The van der Waals surface area contributed by atoms with Crippen LogP contribution in [0.4, 0.5) is 0 Å². The van der Waals surface area contributed by atoms with Gasteiger partial charge in [0.25, 0.3) is 0 Å². The van der Waals surface area contributed by atoms with Crippen LogP contribution in [0.5, 0.6) is 0 Å². The third-order valence-electron chi connectivity index (χ3n) is 4.32. The molecule has 0 aromatic carbocycles. The van der Waals surface area contributed by atoms with E-state index in [-0.39, 0.29) is 11.9 Å². The van der Waals surface area contributed by atoms with E-state index in [0.717, 1.165) is 13.0 Å². The van der Waals surface area contributed by atoms with E-state index < -0.39 is 0 Å². The molecule has 3 nitrogen and oxygen atoms in total. The minimum atomic E-state index is 0.0617. The molecule has 2 N–H and O–H groups in total. The first-order valence-electron chi connectivity index (χ1n) is 7.31. The van der Waals surface area contributed by atoms with E-state index in [1.807, 2.05) is 0 Å². The molecule has 0 spiro atoms. The van der Waals surface area contributed by atoms with Gasteiger partial charge in [-0.1, -0.05) is 32.6 Å². The number of carbonyl (C=O) groups excluding carboxylic acids is 1. The first-order chi connectivity index (χ1) is 8.27. The Bertz CT molecular complexity index is 247. The van der Waals surface area contributed by atoms with E-state index in [9.17, 15) is 4.79 Å². The van der Waals surface area contributed by atoms with Crippen molar-refractivity contribution >= 4 is 5.91 Å². The van der Waals surface area contributed by atoms with Crippen molar-refractivity contribution in [3.05, 3.63) is 0 Å². The van der Waals surface area contributed by atoms with Crippen molar-refractivity contribution in [2.45, 2.75) is 70.4 Å². The molecule has 1 saturated heterocycles. The van der Waals surface area contributed by atoms with E-state index >= 15 is 0 Å². The fourth-order valence-corrected chi connectivity index (χ4v) is 3.07. The van der Waals surface area contributed by atoms with Gasteiger partial charge in [0.15, 0.2) is 0 Å². The summed E-state index contributed by atoms with van der Waals surface area (Å²) in [5.41, 5.74) is 0. The molecule has 98 valence electrons. The van der Waals surface area contributed by atoms with E-state index in [1.54, 1.807) is 0 Å². The molecule has 3 atom stereocenters. The van der Waals surface area contributed by atoms with E-state index in [4.69, 9.17) is 0 Å². The highest BCUT2D eigenvalue weighted by Crippen LogP contribution is 2.24. The van der Waals surface area contributed by atoms with Crippen molar-refractivity contribution in [3.63, 3.8) is 0 Å². The molecule has 1 heterocycles. The standard InChI is InChI=1S/C14H26N2O/c1-11-7-4-5-8-12(11)16-14(17)13-9-3-2-6-10-15-13/h11-13,15H,2-10H2,1H3,(H,16,17). The van der Waals surface area contributed by atoms with Crippen molar-refractivity contribution in [2.75, 3.05) is 6.54 Å². The predicted molar refractivity (Wildman–Crippen MR) is 69.8 cm³/mol. The van der Waals surface area contributed by atoms with Crippen LogP contribution in [0.1, 0.15) is 58.3 Å². The summed E-state index contributed by atoms with van der Waals surface area (Å²) in [4.78, 5) is 12.2. The van der Waals surface area contributed by atoms with Crippen LogP contribution in [-0.4, -0.2) is 24.5 Å². The number of hydrogen-bond acceptors (Lipinski definition) is 2. The summed E-state index contributed by atoms with van der Waals surface area (Å²) < 4.78 is 0. The summed E-state index contributed by atoms with van der Waals surface area (Å²) in [5, 5.41) is 6.64. The van der Waals surface area contributed by atoms with Crippen molar-refractivity contribution in [3.8, 4) is 0 Å². The summed E-state index contributed by atoms with van der Waals surface area (Å²) in [7, 11) is 0. The molecule has 17 heavy (non-hydrogen) atoms. The second-order valence-corrected chi connectivity index (χ2v) is 5.73. The molecule has 0 bridgehead atoms. The van der Waals surface area contributed by atoms with E-state index in [2.05, 4.69) is 17.6 Å². The molecule has 1 aliphatic carbocycles. The third kappa shape index (κ3) is 3.70. The van der Waals surface area contributed by atoms with Gasteiger partial charge in [0.05, 0.1) is 6.04 Å². The minimum absolute atomic E-state index is 0.0617. The van der Waals surface area contributed by atoms with Crippen molar-refractivity contribution in [1.29, 1.82) is 0 Å². The zero-order valence-corrected chi connectivity index (χ0v) is 11.0. The van der Waals surface area contributed by atoms with Gasteiger partial charge in [-0.2, -0.15) is 0 Å². The highest BCUT2D eigenvalue weighted by atomic mass is 16.2. The number of amides is 1. The lowest BCUT2D eigenvalue weighted by atomic mass is 9.86. The summed E-state index contributed by atoms with van der Waals surface area (Å²) in [5.74, 6) is 0.893. The van der Waals surface area contributed by atoms with Crippen LogP contribution < -0.4 is 10.6 Å². The number of nitrogens with one attached hydrogen (secondary N) is 2. The highest BCUT2D eigenvalue weighted by Gasteiger charge is 2.26. The Morgan fingerprint density at radius 3 is 2.65 bits per heavy atom. The van der Waals surface area contributed by atoms with Crippen LogP contribution in [0.2, 0.25) is 0 Å². The van der Waals surface area contributed by atoms with Crippen LogP contribution in [-0.2, 0) is 4.79 Å². The van der Waals surface area contributed by atoms with Gasteiger partial charge in [0, 0.05) is 6.04 Å². The summed E-state index contributed by atoms with van der Waals surface area (Å²) in [6.45, 7) is 3.27. The quantitative estimate of drug-likeness (QED) is 0.774. The maximum atomic E-state index is 12.2. The molecule has 0 aromatic rings. The topological polar surface area (TPSA) is 41.1 Å². The van der Waals surface area contributed by atoms with Gasteiger partial charge in [-0.15, -0.1) is 0 Å². The Morgan fingerprint density at radius 2 is 1.82 bits per heavy atom. The van der Waals surface area contributed by atoms with Gasteiger partial charge >= 0.3 is 0 Å². The normalized spacial score (nSPS) is 35.0. The zero-order valence-electron chi connectivity index (χ0n) is 11.0. The molecule has 0 radical (unpaired) electrons. The zero-order chi connectivity index (χ0) is 12.1. The fourth-order valence-electron chi connectivity index (χ4n) is 3.07. The number of hydrogen-bond donors (Lipinski definition) is 2. The summed E-state index contributed by atoms with van der Waals surface area (Å²) >= 11 is 0. The van der Waals surface area contributed by atoms with Gasteiger partial charge in [-0.3, -0.25) is 4.79 Å². The molecule has 1 saturated carbocycles. The Balaban J connectivity index is 1.82. The molecule has 0 aromatic heterocycles. The van der Waals surface area contributed by atoms with Crippen LogP contribution in [0.15, 0.2) is 0 Å². The van der Waals surface area contributed by atoms with Crippen molar-refractivity contribution in [2.24, 2.45) is 5.92 Å². The monoisotopic (exact) mass is 238 g/mol. The van der Waals surface area contributed by atoms with Gasteiger partial charge < -0.3 is 10.6 Å². The van der Waals surface area contributed by atoms with Gasteiger partial charge in [-0.25, -0.2) is 0 Å². The van der Waals surface area contributed by atoms with E-state index in [0.29, 0.717) is 12.0 Å². The largest absolute Gasteiger partial charge is 0.352 e. The van der Waals surface area contributed by atoms with Crippen molar-refractivity contribution in [1.82, 2.24) is 10.6 Å². The average molecular weight is 238 g/mol. The Hall–Kier alpha value is -0.570. The molecule has 1 amide bonds. The average Bonchev–Trinajstić information content (AvgIpc) is 2.61. The lowest BCUT2D eigenvalue weighted by Gasteiger charge is -2.31. The molecule has 1 aliphatic heterocycles. The first kappa shape index (κ1) is 12.9. The summed E-state index contributed by atoms with van der Waals surface area (Å²) in [6.07, 6.45) is 9.70. The fraction of sp³-hybridized carbons (Fsp3) is 0.929. The highest BCUT2D eigenvalue weighted by molar-refractivity contribution is 5.82. The lowest BCUT2D eigenvalue weighted by molar-refractivity contribution is -0.124. The maximum absolute atomic E-state index is 12.2. The van der Waals surface area contributed by atoms with Gasteiger partial charge in [0.1, 0.15) is 0 Å². The van der Waals surface area contributed by atoms with Crippen LogP contribution >= 0.6 is 0 Å². The van der Waals surface area contributed by atoms with Gasteiger partial charge in [-0.05, 0) is 38.1 Å². The van der Waals surface area contributed by atoms with E-state index in [1.165, 1.54) is 44.9 Å². The predicted octanol–water partition coefficient (Wildman–Crippen LogP) is 2.21.